The smallest absolute Gasteiger partial charge is 0.352 e. The minimum Gasteiger partial charge on any atom is -0.480 e. The molecule has 0 spiro atoms. The zero-order valence-corrected chi connectivity index (χ0v) is 19.9. The highest BCUT2D eigenvalue weighted by Crippen LogP contribution is 2.41. The van der Waals surface area contributed by atoms with Crippen molar-refractivity contribution in [1.82, 2.24) is 35.4 Å². The maximum absolute atomic E-state index is 12.8. The molecule has 1 saturated heterocycles. The summed E-state index contributed by atoms with van der Waals surface area (Å²) in [6.07, 6.45) is 3.17. The number of rotatable bonds is 10. The van der Waals surface area contributed by atoms with E-state index in [1.165, 1.54) is 40.9 Å². The molecule has 0 aliphatic carbocycles. The van der Waals surface area contributed by atoms with Crippen molar-refractivity contribution in [3.63, 3.8) is 0 Å². The summed E-state index contributed by atoms with van der Waals surface area (Å²) < 4.78 is 0. The van der Waals surface area contributed by atoms with Gasteiger partial charge in [-0.25, -0.2) is 14.8 Å². The lowest BCUT2D eigenvalue weighted by molar-refractivity contribution is -0.148. The fourth-order valence-electron chi connectivity index (χ4n) is 3.51. The number of hydrogen-bond donors (Lipinski definition) is 6. The maximum atomic E-state index is 12.8. The quantitative estimate of drug-likeness (QED) is 0.130. The number of H-pyrrole nitrogens is 2. The van der Waals surface area contributed by atoms with Crippen LogP contribution in [-0.4, -0.2) is 92.1 Å². The van der Waals surface area contributed by atoms with Crippen LogP contribution in [0.3, 0.4) is 0 Å². The van der Waals surface area contributed by atoms with Gasteiger partial charge in [-0.15, -0.1) is 11.8 Å². The average molecular weight is 525 g/mol. The van der Waals surface area contributed by atoms with E-state index in [4.69, 9.17) is 23.1 Å². The minimum absolute atomic E-state index is 0.00446. The molecular weight excluding hydrogens is 504 g/mol. The zero-order valence-electron chi connectivity index (χ0n) is 17.4. The second-order valence-corrected chi connectivity index (χ2v) is 10.0. The number of amides is 1. The first-order valence-corrected chi connectivity index (χ1v) is 12.4. The third kappa shape index (κ3) is 5.08. The Labute approximate surface area is 206 Å². The van der Waals surface area contributed by atoms with Gasteiger partial charge in [-0.2, -0.15) is 5.10 Å². The van der Waals surface area contributed by atoms with Crippen molar-refractivity contribution in [2.75, 3.05) is 11.5 Å². The number of imidazole rings is 1. The number of thiocarbonyl (C=S) groups is 1. The number of carboxylic acid groups (broad SMARTS) is 2. The van der Waals surface area contributed by atoms with Crippen molar-refractivity contribution >= 4 is 58.6 Å². The van der Waals surface area contributed by atoms with Gasteiger partial charge >= 0.3 is 11.9 Å². The summed E-state index contributed by atoms with van der Waals surface area (Å²) in [6, 6.07) is -1.69. The number of thioether (sulfide) groups is 2. The molecule has 1 amide bonds. The summed E-state index contributed by atoms with van der Waals surface area (Å²) in [5.74, 6) is -1.32. The molecular formula is C18H20N8O5S3. The van der Waals surface area contributed by atoms with Crippen LogP contribution in [-0.2, 0) is 27.2 Å². The van der Waals surface area contributed by atoms with E-state index in [9.17, 15) is 19.5 Å². The molecule has 180 valence electrons. The molecule has 0 bridgehead atoms. The summed E-state index contributed by atoms with van der Waals surface area (Å²) in [7, 11) is 0. The van der Waals surface area contributed by atoms with E-state index in [1.54, 1.807) is 0 Å². The van der Waals surface area contributed by atoms with Gasteiger partial charge in [-0.1, -0.05) is 24.0 Å². The van der Waals surface area contributed by atoms with Crippen molar-refractivity contribution < 1.29 is 24.6 Å². The zero-order chi connectivity index (χ0) is 24.4. The van der Waals surface area contributed by atoms with E-state index in [-0.39, 0.29) is 24.4 Å². The standard InChI is InChI=1S/C18H20N8O5S3/c19-9(16(28)29)1-8-3-20-10(23-8)2-11(32)24-12-14(27)26-13(17(30)31)7(4-33-15(12)26)5-34-18-21-6-22-25-18/h3,6,9,12,15H,1-2,4-5,19H2,(H,20,23)(H,24,32)(H,28,29)(H,30,31)(H,21,22,25)/t9?,12-,15+/m1/s1. The van der Waals surface area contributed by atoms with Gasteiger partial charge in [0.1, 0.15) is 35.3 Å². The number of nitrogens with one attached hydrogen (secondary N) is 3. The first-order valence-electron chi connectivity index (χ1n) is 9.93. The number of fused-ring (bicyclic) bond motifs is 1. The van der Waals surface area contributed by atoms with Gasteiger partial charge < -0.3 is 26.2 Å². The molecule has 34 heavy (non-hydrogen) atoms. The highest BCUT2D eigenvalue weighted by atomic mass is 32.2. The first-order chi connectivity index (χ1) is 16.2. The Morgan fingerprint density at radius 1 is 1.41 bits per heavy atom. The Balaban J connectivity index is 1.36. The molecule has 2 aromatic rings. The molecule has 3 atom stereocenters. The molecule has 2 aliphatic rings. The summed E-state index contributed by atoms with van der Waals surface area (Å²) >= 11 is 8.15. The minimum atomic E-state index is -1.16. The number of nitrogens with two attached hydrogens (primary N) is 1. The lowest BCUT2D eigenvalue weighted by Crippen LogP contribution is -2.70. The highest BCUT2D eigenvalue weighted by Gasteiger charge is 2.53. The Bertz CT molecular complexity index is 1150. The van der Waals surface area contributed by atoms with Gasteiger partial charge in [-0.3, -0.25) is 19.6 Å². The molecule has 2 aliphatic heterocycles. The lowest BCUT2D eigenvalue weighted by atomic mass is 10.0. The second kappa shape index (κ2) is 10.1. The number of hydrogen-bond acceptors (Lipinski definition) is 10. The van der Waals surface area contributed by atoms with E-state index in [2.05, 4.69) is 30.5 Å². The summed E-state index contributed by atoms with van der Waals surface area (Å²) in [4.78, 5) is 48.5. The van der Waals surface area contributed by atoms with Crippen molar-refractivity contribution in [2.24, 2.45) is 5.73 Å². The van der Waals surface area contributed by atoms with Gasteiger partial charge in [0.05, 0.1) is 11.4 Å². The van der Waals surface area contributed by atoms with E-state index in [0.717, 1.165) is 0 Å². The SMILES string of the molecule is NC(Cc1cnc(CC(=S)N[C@@H]2C(=O)N3C(C(=O)O)=C(CSc4ncn[nH]4)CS[C@@H]23)[nH]1)C(=O)O. The number of aromatic nitrogens is 5. The Kier molecular flexibility index (Phi) is 7.20. The third-order valence-corrected chi connectivity index (χ3v) is 7.67. The highest BCUT2D eigenvalue weighted by molar-refractivity contribution is 8.01. The molecule has 0 aromatic carbocycles. The normalized spacial score (nSPS) is 20.5. The summed E-state index contributed by atoms with van der Waals surface area (Å²) in [5, 5.41) is 28.3. The van der Waals surface area contributed by atoms with E-state index >= 15 is 0 Å². The van der Waals surface area contributed by atoms with Crippen molar-refractivity contribution in [2.45, 2.75) is 35.5 Å². The van der Waals surface area contributed by atoms with Crippen LogP contribution in [0.2, 0.25) is 0 Å². The number of nitrogens with zero attached hydrogens (tertiary/aromatic N) is 4. The molecule has 1 fully saturated rings. The van der Waals surface area contributed by atoms with Gasteiger partial charge in [-0.05, 0) is 5.57 Å². The Hall–Kier alpha value is -2.95. The fourth-order valence-corrected chi connectivity index (χ4v) is 6.04. The number of β-lactam (4-membered cyclic amide) rings is 1. The van der Waals surface area contributed by atoms with Crippen LogP contribution >= 0.6 is 35.7 Å². The molecule has 1 unspecified atom stereocenters. The van der Waals surface area contributed by atoms with Crippen LogP contribution in [0.4, 0.5) is 0 Å². The topological polar surface area (TPSA) is 203 Å². The predicted molar refractivity (Wildman–Crippen MR) is 126 cm³/mol. The Morgan fingerprint density at radius 3 is 2.88 bits per heavy atom. The van der Waals surface area contributed by atoms with Crippen LogP contribution < -0.4 is 11.1 Å². The first kappa shape index (κ1) is 24.2. The fraction of sp³-hybridized carbons (Fsp3) is 0.389. The van der Waals surface area contributed by atoms with Crippen LogP contribution in [0.1, 0.15) is 11.5 Å². The van der Waals surface area contributed by atoms with Crippen molar-refractivity contribution in [3.8, 4) is 0 Å². The molecule has 0 radical (unpaired) electrons. The van der Waals surface area contributed by atoms with Crippen molar-refractivity contribution in [3.05, 3.63) is 35.3 Å². The third-order valence-electron chi connectivity index (χ3n) is 5.11. The molecule has 0 saturated carbocycles. The van der Waals surface area contributed by atoms with Crippen LogP contribution in [0.5, 0.6) is 0 Å². The molecule has 2 aromatic heterocycles. The largest absolute Gasteiger partial charge is 0.480 e. The number of aromatic amines is 2. The number of aliphatic carboxylic acids is 2. The number of carbonyl (C=O) groups is 3. The molecule has 4 rings (SSSR count). The Morgan fingerprint density at radius 2 is 2.21 bits per heavy atom. The van der Waals surface area contributed by atoms with Gasteiger partial charge in [0, 0.05) is 29.8 Å². The molecule has 16 heteroatoms. The van der Waals surface area contributed by atoms with Gasteiger partial charge in [0.25, 0.3) is 5.91 Å². The monoisotopic (exact) mass is 524 g/mol. The van der Waals surface area contributed by atoms with Crippen molar-refractivity contribution in [1.29, 1.82) is 0 Å². The summed E-state index contributed by atoms with van der Waals surface area (Å²) in [5.41, 5.74) is 6.72. The maximum Gasteiger partial charge on any atom is 0.352 e. The lowest BCUT2D eigenvalue weighted by Gasteiger charge is -2.49. The van der Waals surface area contributed by atoms with E-state index < -0.39 is 29.4 Å². The molecule has 7 N–H and O–H groups in total. The number of carboxylic acids is 2. The predicted octanol–water partition coefficient (Wildman–Crippen LogP) is -0.644. The van der Waals surface area contributed by atoms with Crippen LogP contribution in [0, 0.1) is 0 Å². The van der Waals surface area contributed by atoms with Crippen LogP contribution in [0.25, 0.3) is 0 Å². The van der Waals surface area contributed by atoms with Gasteiger partial charge in [0.15, 0.2) is 5.16 Å². The van der Waals surface area contributed by atoms with Crippen LogP contribution in [0.15, 0.2) is 29.0 Å². The summed E-state index contributed by atoms with van der Waals surface area (Å²) in [6.45, 7) is 0. The average Bonchev–Trinajstić information content (AvgIpc) is 3.47. The number of carbonyl (C=O) groups excluding carboxylic acids is 1. The van der Waals surface area contributed by atoms with E-state index in [1.807, 2.05) is 0 Å². The molecule has 4 heterocycles. The second-order valence-electron chi connectivity index (χ2n) is 7.47. The van der Waals surface area contributed by atoms with Gasteiger partial charge in [0.2, 0.25) is 0 Å². The van der Waals surface area contributed by atoms with E-state index in [0.29, 0.717) is 38.7 Å². The molecule has 13 nitrogen and oxygen atoms in total.